The van der Waals surface area contributed by atoms with E-state index in [9.17, 15) is 4.79 Å². The second-order valence-electron chi connectivity index (χ2n) is 5.33. The van der Waals surface area contributed by atoms with Crippen molar-refractivity contribution in [2.45, 2.75) is 25.7 Å². The van der Waals surface area contributed by atoms with Crippen molar-refractivity contribution in [3.8, 4) is 0 Å². The first-order valence-electron chi connectivity index (χ1n) is 5.44. The van der Waals surface area contributed by atoms with Gasteiger partial charge in [-0.25, -0.2) is 0 Å². The van der Waals surface area contributed by atoms with Gasteiger partial charge in [-0.3, -0.25) is 4.79 Å². The molecule has 13 heavy (non-hydrogen) atoms. The van der Waals surface area contributed by atoms with E-state index >= 15 is 0 Å². The summed E-state index contributed by atoms with van der Waals surface area (Å²) in [5.74, 6) is 1.47. The number of hydrogen-bond acceptors (Lipinski definition) is 1. The maximum atomic E-state index is 11.8. The molecule has 0 radical (unpaired) electrons. The first kappa shape index (κ1) is 9.20. The third kappa shape index (κ3) is 2.11. The SMILES string of the molecule is C[N+]1(C)CCC(C(=O)C2CC2)CC1. The van der Waals surface area contributed by atoms with Crippen LogP contribution in [-0.2, 0) is 4.79 Å². The van der Waals surface area contributed by atoms with Crippen molar-refractivity contribution >= 4 is 5.78 Å². The van der Waals surface area contributed by atoms with Gasteiger partial charge in [0, 0.05) is 24.7 Å². The van der Waals surface area contributed by atoms with Crippen LogP contribution in [-0.4, -0.2) is 37.5 Å². The molecule has 2 heteroatoms. The van der Waals surface area contributed by atoms with Crippen molar-refractivity contribution in [1.29, 1.82) is 0 Å². The van der Waals surface area contributed by atoms with Gasteiger partial charge in [0.2, 0.25) is 0 Å². The zero-order valence-electron chi connectivity index (χ0n) is 8.75. The maximum Gasteiger partial charge on any atom is 0.139 e. The maximum absolute atomic E-state index is 11.8. The molecule has 2 nitrogen and oxygen atoms in total. The highest BCUT2D eigenvalue weighted by molar-refractivity contribution is 5.85. The lowest BCUT2D eigenvalue weighted by Gasteiger charge is -2.36. The van der Waals surface area contributed by atoms with Crippen molar-refractivity contribution in [3.05, 3.63) is 0 Å². The molecule has 0 aromatic carbocycles. The molecule has 0 bridgehead atoms. The van der Waals surface area contributed by atoms with Crippen molar-refractivity contribution in [2.75, 3.05) is 27.2 Å². The largest absolute Gasteiger partial charge is 0.328 e. The van der Waals surface area contributed by atoms with Crippen LogP contribution in [0.2, 0.25) is 0 Å². The van der Waals surface area contributed by atoms with Gasteiger partial charge in [-0.1, -0.05) is 0 Å². The van der Waals surface area contributed by atoms with Gasteiger partial charge in [0.15, 0.2) is 0 Å². The number of carbonyl (C=O) groups excluding carboxylic acids is 1. The van der Waals surface area contributed by atoms with Crippen molar-refractivity contribution in [2.24, 2.45) is 11.8 Å². The number of Topliss-reactive ketones (excluding diaryl/α,β-unsaturated/α-hetero) is 1. The van der Waals surface area contributed by atoms with Gasteiger partial charge in [0.05, 0.1) is 27.2 Å². The van der Waals surface area contributed by atoms with E-state index in [0.717, 1.165) is 17.3 Å². The Morgan fingerprint density at radius 1 is 1.00 bits per heavy atom. The second kappa shape index (κ2) is 3.09. The molecule has 0 aromatic rings. The summed E-state index contributed by atoms with van der Waals surface area (Å²) in [6.45, 7) is 2.37. The van der Waals surface area contributed by atoms with Crippen molar-refractivity contribution in [3.63, 3.8) is 0 Å². The van der Waals surface area contributed by atoms with Crippen LogP contribution in [0.5, 0.6) is 0 Å². The minimum Gasteiger partial charge on any atom is -0.328 e. The Hall–Kier alpha value is -0.370. The Labute approximate surface area is 80.5 Å². The first-order chi connectivity index (χ1) is 6.08. The van der Waals surface area contributed by atoms with Crippen LogP contribution in [0.15, 0.2) is 0 Å². The lowest BCUT2D eigenvalue weighted by molar-refractivity contribution is -0.895. The Bertz CT molecular complexity index is 208. The van der Waals surface area contributed by atoms with E-state index in [0.29, 0.717) is 17.6 Å². The van der Waals surface area contributed by atoms with Crippen LogP contribution in [0.1, 0.15) is 25.7 Å². The average molecular weight is 182 g/mol. The van der Waals surface area contributed by atoms with E-state index in [1.807, 2.05) is 0 Å². The topological polar surface area (TPSA) is 17.1 Å². The third-order valence-corrected chi connectivity index (χ3v) is 3.55. The molecule has 1 aliphatic carbocycles. The molecule has 0 N–H and O–H groups in total. The van der Waals surface area contributed by atoms with Crippen LogP contribution in [0.4, 0.5) is 0 Å². The molecule has 0 aromatic heterocycles. The summed E-state index contributed by atoms with van der Waals surface area (Å²) in [4.78, 5) is 11.8. The fraction of sp³-hybridized carbons (Fsp3) is 0.909. The summed E-state index contributed by atoms with van der Waals surface area (Å²) in [7, 11) is 4.52. The number of hydrogen-bond donors (Lipinski definition) is 0. The lowest BCUT2D eigenvalue weighted by atomic mass is 9.89. The number of nitrogens with zero attached hydrogens (tertiary/aromatic N) is 1. The smallest absolute Gasteiger partial charge is 0.139 e. The molecule has 0 amide bonds. The van der Waals surface area contributed by atoms with E-state index in [-0.39, 0.29) is 0 Å². The number of quaternary nitrogens is 1. The minimum absolute atomic E-state index is 0.415. The molecule has 0 unspecified atom stereocenters. The highest BCUT2D eigenvalue weighted by Gasteiger charge is 2.38. The standard InChI is InChI=1S/C11H20NO/c1-12(2)7-5-10(6-8-12)11(13)9-3-4-9/h9-10H,3-8H2,1-2H3/q+1. The van der Waals surface area contributed by atoms with Gasteiger partial charge in [-0.15, -0.1) is 0 Å². The molecule has 0 spiro atoms. The molecule has 1 aliphatic heterocycles. The van der Waals surface area contributed by atoms with Crippen molar-refractivity contribution in [1.82, 2.24) is 0 Å². The predicted molar refractivity (Wildman–Crippen MR) is 52.3 cm³/mol. The lowest BCUT2D eigenvalue weighted by Crippen LogP contribution is -2.47. The Balaban J connectivity index is 1.86. The van der Waals surface area contributed by atoms with E-state index in [2.05, 4.69) is 14.1 Å². The van der Waals surface area contributed by atoms with E-state index < -0.39 is 0 Å². The quantitative estimate of drug-likeness (QED) is 0.591. The number of piperidine rings is 1. The Morgan fingerprint density at radius 3 is 1.92 bits per heavy atom. The first-order valence-corrected chi connectivity index (χ1v) is 5.44. The highest BCUT2D eigenvalue weighted by Crippen LogP contribution is 2.35. The van der Waals surface area contributed by atoms with Gasteiger partial charge in [-0.2, -0.15) is 0 Å². The Morgan fingerprint density at radius 2 is 1.46 bits per heavy atom. The number of rotatable bonds is 2. The van der Waals surface area contributed by atoms with Crippen LogP contribution < -0.4 is 0 Å². The fourth-order valence-electron chi connectivity index (χ4n) is 2.25. The monoisotopic (exact) mass is 182 g/mol. The number of ketones is 1. The zero-order chi connectivity index (χ0) is 9.47. The summed E-state index contributed by atoms with van der Waals surface area (Å²) in [6, 6.07) is 0. The van der Waals surface area contributed by atoms with Gasteiger partial charge >= 0.3 is 0 Å². The summed E-state index contributed by atoms with van der Waals surface area (Å²) >= 11 is 0. The normalized spacial score (nSPS) is 28.8. The molecule has 1 heterocycles. The highest BCUT2D eigenvalue weighted by atomic mass is 16.1. The summed E-state index contributed by atoms with van der Waals surface area (Å²) in [6.07, 6.45) is 4.60. The van der Waals surface area contributed by atoms with Gasteiger partial charge < -0.3 is 4.48 Å². The molecule has 2 aliphatic rings. The van der Waals surface area contributed by atoms with E-state index in [4.69, 9.17) is 0 Å². The minimum atomic E-state index is 0.415. The van der Waals surface area contributed by atoms with Gasteiger partial charge in [0.1, 0.15) is 5.78 Å². The second-order valence-corrected chi connectivity index (χ2v) is 5.33. The predicted octanol–water partition coefficient (Wildman–Crippen LogP) is 1.45. The molecule has 1 saturated carbocycles. The molecule has 74 valence electrons. The van der Waals surface area contributed by atoms with Crippen molar-refractivity contribution < 1.29 is 9.28 Å². The van der Waals surface area contributed by atoms with Crippen LogP contribution in [0.3, 0.4) is 0 Å². The van der Waals surface area contributed by atoms with Crippen LogP contribution >= 0.6 is 0 Å². The number of carbonyl (C=O) groups is 1. The molecular formula is C11H20NO+. The van der Waals surface area contributed by atoms with Crippen LogP contribution in [0.25, 0.3) is 0 Å². The van der Waals surface area contributed by atoms with E-state index in [1.54, 1.807) is 0 Å². The summed E-state index contributed by atoms with van der Waals surface area (Å²) in [5.41, 5.74) is 0. The molecule has 0 atom stereocenters. The zero-order valence-corrected chi connectivity index (χ0v) is 8.75. The van der Waals surface area contributed by atoms with E-state index in [1.165, 1.54) is 25.9 Å². The van der Waals surface area contributed by atoms with Gasteiger partial charge in [0.25, 0.3) is 0 Å². The molecule has 2 fully saturated rings. The summed E-state index contributed by atoms with van der Waals surface area (Å²) in [5, 5.41) is 0. The fourth-order valence-corrected chi connectivity index (χ4v) is 2.25. The Kier molecular flexibility index (Phi) is 2.18. The van der Waals surface area contributed by atoms with Gasteiger partial charge in [-0.05, 0) is 12.8 Å². The third-order valence-electron chi connectivity index (χ3n) is 3.55. The molecule has 2 rings (SSSR count). The average Bonchev–Trinajstić information content (AvgIpc) is 2.85. The number of likely N-dealkylation sites (tertiary alicyclic amines) is 1. The van der Waals surface area contributed by atoms with Crippen LogP contribution in [0, 0.1) is 11.8 Å². The molecule has 1 saturated heterocycles. The summed E-state index contributed by atoms with van der Waals surface area (Å²) < 4.78 is 1.11. The molecular weight excluding hydrogens is 162 g/mol.